The fourth-order valence-electron chi connectivity index (χ4n) is 2.41. The zero-order valence-electron chi connectivity index (χ0n) is 14.5. The second kappa shape index (κ2) is 9.25. The molecule has 2 N–H and O–H groups in total. The van der Waals surface area contributed by atoms with Gasteiger partial charge in [0.2, 0.25) is 0 Å². The van der Waals surface area contributed by atoms with E-state index in [0.29, 0.717) is 17.9 Å². The number of azo groups is 1. The van der Waals surface area contributed by atoms with Crippen molar-refractivity contribution in [3.05, 3.63) is 58.1 Å². The smallest absolute Gasteiger partial charge is 0.270 e. The third-order valence-electron chi connectivity index (χ3n) is 3.81. The van der Waals surface area contributed by atoms with Crippen molar-refractivity contribution in [1.82, 2.24) is 0 Å². The van der Waals surface area contributed by atoms with E-state index >= 15 is 0 Å². The van der Waals surface area contributed by atoms with Crippen molar-refractivity contribution < 1.29 is 4.92 Å². The Labute approximate surface area is 151 Å². The molecule has 0 amide bonds. The highest BCUT2D eigenvalue weighted by atomic mass is 16.6. The van der Waals surface area contributed by atoms with Gasteiger partial charge in [-0.15, -0.1) is 5.11 Å². The predicted octanol–water partition coefficient (Wildman–Crippen LogP) is 4.06. The Hall–Kier alpha value is -3.31. The molecule has 0 fully saturated rings. The number of hydrogen-bond acceptors (Lipinski definition) is 7. The van der Waals surface area contributed by atoms with Gasteiger partial charge in [-0.1, -0.05) is 0 Å². The van der Waals surface area contributed by atoms with Crippen LogP contribution in [0.1, 0.15) is 18.9 Å². The van der Waals surface area contributed by atoms with Gasteiger partial charge in [-0.2, -0.15) is 10.4 Å². The molecule has 2 aromatic rings. The number of benzene rings is 2. The molecule has 0 heterocycles. The first-order valence-electron chi connectivity index (χ1n) is 8.24. The first-order chi connectivity index (χ1) is 12.6. The van der Waals surface area contributed by atoms with E-state index in [0.717, 1.165) is 25.2 Å². The minimum Gasteiger partial charge on any atom is -0.372 e. The first-order valence-corrected chi connectivity index (χ1v) is 8.24. The summed E-state index contributed by atoms with van der Waals surface area (Å²) in [6.45, 7) is 4.51. The summed E-state index contributed by atoms with van der Waals surface area (Å²) in [5, 5.41) is 28.1. The highest BCUT2D eigenvalue weighted by Gasteiger charge is 2.10. The third kappa shape index (κ3) is 4.84. The molecule has 0 saturated carbocycles. The van der Waals surface area contributed by atoms with Gasteiger partial charge in [-0.25, -0.2) is 0 Å². The monoisotopic (exact) mass is 352 g/mol. The minimum atomic E-state index is -0.551. The predicted molar refractivity (Wildman–Crippen MR) is 100.0 cm³/mol. The molecule has 8 nitrogen and oxygen atoms in total. The van der Waals surface area contributed by atoms with Crippen molar-refractivity contribution in [2.45, 2.75) is 13.3 Å². The number of nitrogens with two attached hydrogens (primary N) is 1. The van der Waals surface area contributed by atoms with Gasteiger partial charge in [-0.3, -0.25) is 10.1 Å². The zero-order valence-corrected chi connectivity index (χ0v) is 14.5. The van der Waals surface area contributed by atoms with E-state index in [2.05, 4.69) is 22.1 Å². The summed E-state index contributed by atoms with van der Waals surface area (Å²) in [5.74, 6) is 0. The summed E-state index contributed by atoms with van der Waals surface area (Å²) < 4.78 is 0. The van der Waals surface area contributed by atoms with Crippen LogP contribution in [-0.4, -0.2) is 24.6 Å². The van der Waals surface area contributed by atoms with Gasteiger partial charge < -0.3 is 10.6 Å². The van der Waals surface area contributed by atoms with Crippen LogP contribution >= 0.6 is 0 Å². The Morgan fingerprint density at radius 1 is 1.23 bits per heavy atom. The summed E-state index contributed by atoms with van der Waals surface area (Å²) in [6, 6.07) is 13.4. The number of anilines is 1. The average molecular weight is 352 g/mol. The summed E-state index contributed by atoms with van der Waals surface area (Å²) in [7, 11) is 0. The molecule has 2 aromatic carbocycles. The summed E-state index contributed by atoms with van der Waals surface area (Å²) in [5.41, 5.74) is 7.52. The van der Waals surface area contributed by atoms with Crippen molar-refractivity contribution >= 4 is 22.7 Å². The Bertz CT molecular complexity index is 827. The molecule has 0 bridgehead atoms. The number of rotatable bonds is 8. The lowest BCUT2D eigenvalue weighted by Gasteiger charge is -2.22. The molecule has 26 heavy (non-hydrogen) atoms. The van der Waals surface area contributed by atoms with Gasteiger partial charge in [0.25, 0.3) is 5.69 Å². The molecule has 0 unspecified atom stereocenters. The highest BCUT2D eigenvalue weighted by molar-refractivity contribution is 5.58. The van der Waals surface area contributed by atoms with Crippen LogP contribution in [0.3, 0.4) is 0 Å². The highest BCUT2D eigenvalue weighted by Crippen LogP contribution is 2.27. The van der Waals surface area contributed by atoms with Gasteiger partial charge >= 0.3 is 0 Å². The normalized spacial score (nSPS) is 10.7. The Balaban J connectivity index is 2.16. The van der Waals surface area contributed by atoms with Crippen LogP contribution in [0.15, 0.2) is 52.7 Å². The number of nitro benzene ring substituents is 1. The maximum Gasteiger partial charge on any atom is 0.270 e. The minimum absolute atomic E-state index is 0.110. The van der Waals surface area contributed by atoms with E-state index in [4.69, 9.17) is 11.0 Å². The van der Waals surface area contributed by atoms with Crippen LogP contribution in [0.5, 0.6) is 0 Å². The lowest BCUT2D eigenvalue weighted by molar-refractivity contribution is -0.384. The van der Waals surface area contributed by atoms with Crippen LogP contribution in [0.4, 0.5) is 22.7 Å². The third-order valence-corrected chi connectivity index (χ3v) is 3.81. The molecule has 134 valence electrons. The number of non-ortho nitro benzene ring substituents is 1. The number of nitriles is 1. The molecular formula is C18H20N6O2. The zero-order chi connectivity index (χ0) is 18.9. The molecule has 0 radical (unpaired) electrons. The molecular weight excluding hydrogens is 332 g/mol. The van der Waals surface area contributed by atoms with Crippen LogP contribution in [0, 0.1) is 21.4 Å². The summed E-state index contributed by atoms with van der Waals surface area (Å²) in [6.07, 6.45) is 0.923. The van der Waals surface area contributed by atoms with E-state index < -0.39 is 4.92 Å². The Kier molecular flexibility index (Phi) is 6.76. The van der Waals surface area contributed by atoms with Gasteiger partial charge in [0.15, 0.2) is 0 Å². The van der Waals surface area contributed by atoms with Crippen molar-refractivity contribution in [3.63, 3.8) is 0 Å². The second-order valence-electron chi connectivity index (χ2n) is 5.51. The molecule has 0 aliphatic heterocycles. The molecule has 0 saturated heterocycles. The fraction of sp³-hybridized carbons (Fsp3) is 0.278. The maximum absolute atomic E-state index is 10.8. The number of hydrogen-bond donors (Lipinski definition) is 1. The van der Waals surface area contributed by atoms with E-state index in [1.165, 1.54) is 18.2 Å². The lowest BCUT2D eigenvalue weighted by atomic mass is 10.2. The molecule has 0 aliphatic rings. The largest absolute Gasteiger partial charge is 0.372 e. The average Bonchev–Trinajstić information content (AvgIpc) is 2.67. The SMILES string of the molecule is CCN(CCCN)c1ccc(/N=N/c2ccc([N+](=O)[O-])cc2C#N)cc1. The van der Waals surface area contributed by atoms with Gasteiger partial charge in [0.05, 0.1) is 16.2 Å². The Morgan fingerprint density at radius 2 is 1.96 bits per heavy atom. The number of nitrogens with zero attached hydrogens (tertiary/aromatic N) is 5. The molecule has 0 aliphatic carbocycles. The quantitative estimate of drug-likeness (QED) is 0.436. The fourth-order valence-corrected chi connectivity index (χ4v) is 2.41. The van der Waals surface area contributed by atoms with E-state index in [1.807, 2.05) is 30.3 Å². The van der Waals surface area contributed by atoms with Crippen LogP contribution in [-0.2, 0) is 0 Å². The van der Waals surface area contributed by atoms with E-state index in [1.54, 1.807) is 0 Å². The summed E-state index contributed by atoms with van der Waals surface area (Å²) in [4.78, 5) is 12.4. The van der Waals surface area contributed by atoms with Crippen LogP contribution in [0.2, 0.25) is 0 Å². The van der Waals surface area contributed by atoms with E-state index in [-0.39, 0.29) is 11.3 Å². The van der Waals surface area contributed by atoms with Gasteiger partial charge in [0.1, 0.15) is 11.8 Å². The van der Waals surface area contributed by atoms with Crippen molar-refractivity contribution in [2.75, 3.05) is 24.5 Å². The number of nitro groups is 1. The van der Waals surface area contributed by atoms with Gasteiger partial charge in [-0.05, 0) is 50.2 Å². The molecule has 2 rings (SSSR count). The van der Waals surface area contributed by atoms with Crippen LogP contribution < -0.4 is 10.6 Å². The van der Waals surface area contributed by atoms with Crippen LogP contribution in [0.25, 0.3) is 0 Å². The molecule has 8 heteroatoms. The van der Waals surface area contributed by atoms with E-state index in [9.17, 15) is 10.1 Å². The van der Waals surface area contributed by atoms with Gasteiger partial charge in [0, 0.05) is 30.9 Å². The maximum atomic E-state index is 10.8. The van der Waals surface area contributed by atoms with Crippen molar-refractivity contribution in [2.24, 2.45) is 16.0 Å². The molecule has 0 spiro atoms. The second-order valence-corrected chi connectivity index (χ2v) is 5.51. The summed E-state index contributed by atoms with van der Waals surface area (Å²) >= 11 is 0. The topological polar surface area (TPSA) is 121 Å². The van der Waals surface area contributed by atoms with Crippen molar-refractivity contribution in [3.8, 4) is 6.07 Å². The Morgan fingerprint density at radius 3 is 2.54 bits per heavy atom. The standard InChI is InChI=1S/C18H20N6O2/c1-2-23(11-3-10-19)16-6-4-15(5-7-16)21-22-18-9-8-17(24(25)26)12-14(18)13-20/h4-9,12H,2-3,10-11,19H2,1H3/b22-21+. The van der Waals surface area contributed by atoms with Crippen molar-refractivity contribution in [1.29, 1.82) is 5.26 Å². The first kappa shape index (κ1) is 19.0. The lowest BCUT2D eigenvalue weighted by Crippen LogP contribution is -2.25. The molecule has 0 atom stereocenters. The molecule has 0 aromatic heterocycles.